The summed E-state index contributed by atoms with van der Waals surface area (Å²) in [5, 5.41) is 9.92. The van der Waals surface area contributed by atoms with Crippen LogP contribution >= 0.6 is 0 Å². The fraction of sp³-hybridized carbons (Fsp3) is 0.375. The van der Waals surface area contributed by atoms with E-state index in [0.717, 1.165) is 29.4 Å². The predicted octanol–water partition coefficient (Wildman–Crippen LogP) is 2.67. The van der Waals surface area contributed by atoms with Crippen LogP contribution in [0.5, 0.6) is 0 Å². The quantitative estimate of drug-likeness (QED) is 0.943. The van der Waals surface area contributed by atoms with Crippen LogP contribution in [0.2, 0.25) is 0 Å². The van der Waals surface area contributed by atoms with Crippen molar-refractivity contribution in [2.75, 3.05) is 13.1 Å². The number of likely N-dealkylation sites (tertiary alicyclic amines) is 1. The first kappa shape index (κ1) is 13.9. The standard InChI is InChI=1S/C16H17FN2O2/c17-14-7-11-3-1-5-18-15(11)13(8-14)10-19-6-2-4-12(9-19)16(20)21/h1,3,5,7-8,12H,2,4,6,9-10H2,(H,20,21)/t12-/m1/s1. The molecule has 4 nitrogen and oxygen atoms in total. The highest BCUT2D eigenvalue weighted by molar-refractivity contribution is 5.81. The lowest BCUT2D eigenvalue weighted by atomic mass is 9.97. The third-order valence-corrected chi connectivity index (χ3v) is 4.00. The Kier molecular flexibility index (Phi) is 3.84. The molecule has 2 aromatic rings. The van der Waals surface area contributed by atoms with Gasteiger partial charge in [-0.1, -0.05) is 6.07 Å². The Morgan fingerprint density at radius 1 is 1.48 bits per heavy atom. The molecule has 0 radical (unpaired) electrons. The molecule has 0 aliphatic carbocycles. The minimum absolute atomic E-state index is 0.280. The van der Waals surface area contributed by atoms with Crippen molar-refractivity contribution in [1.82, 2.24) is 9.88 Å². The maximum absolute atomic E-state index is 13.7. The Bertz CT molecular complexity index is 674. The van der Waals surface area contributed by atoms with Crippen LogP contribution in [0.3, 0.4) is 0 Å². The molecule has 21 heavy (non-hydrogen) atoms. The summed E-state index contributed by atoms with van der Waals surface area (Å²) in [5.41, 5.74) is 1.60. The van der Waals surface area contributed by atoms with Crippen LogP contribution in [-0.2, 0) is 11.3 Å². The smallest absolute Gasteiger partial charge is 0.307 e. The van der Waals surface area contributed by atoms with Crippen LogP contribution in [0, 0.1) is 11.7 Å². The molecule has 0 spiro atoms. The summed E-state index contributed by atoms with van der Waals surface area (Å²) in [6.07, 6.45) is 3.27. The summed E-state index contributed by atoms with van der Waals surface area (Å²) in [6, 6.07) is 6.60. The van der Waals surface area contributed by atoms with Gasteiger partial charge in [-0.05, 0) is 43.1 Å². The third-order valence-electron chi connectivity index (χ3n) is 4.00. The average molecular weight is 288 g/mol. The Morgan fingerprint density at radius 3 is 3.14 bits per heavy atom. The van der Waals surface area contributed by atoms with Crippen molar-refractivity contribution in [3.63, 3.8) is 0 Å². The Hall–Kier alpha value is -2.01. The third kappa shape index (κ3) is 3.03. The predicted molar refractivity (Wildman–Crippen MR) is 77.3 cm³/mol. The van der Waals surface area contributed by atoms with Gasteiger partial charge in [0.15, 0.2) is 0 Å². The van der Waals surface area contributed by atoms with E-state index >= 15 is 0 Å². The van der Waals surface area contributed by atoms with Crippen molar-refractivity contribution in [3.8, 4) is 0 Å². The molecule has 0 amide bonds. The lowest BCUT2D eigenvalue weighted by Crippen LogP contribution is -2.38. The van der Waals surface area contributed by atoms with Crippen LogP contribution in [0.4, 0.5) is 4.39 Å². The molecule has 0 saturated carbocycles. The second kappa shape index (κ2) is 5.77. The van der Waals surface area contributed by atoms with E-state index in [1.54, 1.807) is 12.3 Å². The number of fused-ring (bicyclic) bond motifs is 1. The molecule has 1 fully saturated rings. The first-order chi connectivity index (χ1) is 10.1. The van der Waals surface area contributed by atoms with Crippen LogP contribution in [0.15, 0.2) is 30.5 Å². The number of halogens is 1. The molecule has 2 heterocycles. The van der Waals surface area contributed by atoms with Crippen molar-refractivity contribution in [3.05, 3.63) is 41.8 Å². The molecule has 1 aromatic heterocycles. The van der Waals surface area contributed by atoms with Crippen LogP contribution in [0.1, 0.15) is 18.4 Å². The lowest BCUT2D eigenvalue weighted by Gasteiger charge is -2.30. The number of aromatic nitrogens is 1. The number of rotatable bonds is 3. The minimum atomic E-state index is -0.748. The molecular formula is C16H17FN2O2. The summed E-state index contributed by atoms with van der Waals surface area (Å²) < 4.78 is 13.7. The number of hydrogen-bond donors (Lipinski definition) is 1. The summed E-state index contributed by atoms with van der Waals surface area (Å²) in [5.74, 6) is -1.36. The summed E-state index contributed by atoms with van der Waals surface area (Å²) in [6.45, 7) is 1.89. The van der Waals surface area contributed by atoms with E-state index in [1.807, 2.05) is 6.07 Å². The highest BCUT2D eigenvalue weighted by atomic mass is 19.1. The second-order valence-corrected chi connectivity index (χ2v) is 5.55. The van der Waals surface area contributed by atoms with E-state index in [-0.39, 0.29) is 11.7 Å². The molecule has 5 heteroatoms. The molecule has 1 aliphatic rings. The topological polar surface area (TPSA) is 53.4 Å². The molecule has 1 aliphatic heterocycles. The maximum Gasteiger partial charge on any atom is 0.307 e. The molecule has 110 valence electrons. The minimum Gasteiger partial charge on any atom is -0.481 e. The van der Waals surface area contributed by atoms with Crippen molar-refractivity contribution in [2.24, 2.45) is 5.92 Å². The van der Waals surface area contributed by atoms with E-state index in [4.69, 9.17) is 5.11 Å². The van der Waals surface area contributed by atoms with Crippen LogP contribution in [-0.4, -0.2) is 34.0 Å². The number of pyridine rings is 1. The highest BCUT2D eigenvalue weighted by Crippen LogP contribution is 2.23. The number of carboxylic acid groups (broad SMARTS) is 1. The summed E-state index contributed by atoms with van der Waals surface area (Å²) >= 11 is 0. The van der Waals surface area contributed by atoms with Crippen molar-refractivity contribution in [2.45, 2.75) is 19.4 Å². The number of carboxylic acids is 1. The zero-order chi connectivity index (χ0) is 14.8. The zero-order valence-corrected chi connectivity index (χ0v) is 11.6. The lowest BCUT2D eigenvalue weighted by molar-refractivity contribution is -0.143. The maximum atomic E-state index is 13.7. The molecule has 1 atom stereocenters. The van der Waals surface area contributed by atoms with E-state index in [9.17, 15) is 9.18 Å². The SMILES string of the molecule is O=C(O)[C@@H]1CCCN(Cc2cc(F)cc3cccnc23)C1. The first-order valence-corrected chi connectivity index (χ1v) is 7.12. The van der Waals surface area contributed by atoms with Gasteiger partial charge in [0.05, 0.1) is 11.4 Å². The monoisotopic (exact) mass is 288 g/mol. The number of aliphatic carboxylic acids is 1. The number of benzene rings is 1. The molecule has 1 aromatic carbocycles. The number of nitrogens with zero attached hydrogens (tertiary/aromatic N) is 2. The van der Waals surface area contributed by atoms with Gasteiger partial charge in [-0.3, -0.25) is 14.7 Å². The van der Waals surface area contributed by atoms with Crippen LogP contribution < -0.4 is 0 Å². The van der Waals surface area contributed by atoms with Gasteiger partial charge >= 0.3 is 5.97 Å². The van der Waals surface area contributed by atoms with Gasteiger partial charge in [0.25, 0.3) is 0 Å². The van der Waals surface area contributed by atoms with Gasteiger partial charge in [-0.25, -0.2) is 4.39 Å². The molecule has 1 saturated heterocycles. The molecule has 1 N–H and O–H groups in total. The van der Waals surface area contributed by atoms with E-state index < -0.39 is 5.97 Å². The van der Waals surface area contributed by atoms with Crippen molar-refractivity contribution >= 4 is 16.9 Å². The zero-order valence-electron chi connectivity index (χ0n) is 11.6. The average Bonchev–Trinajstić information content (AvgIpc) is 2.47. The summed E-state index contributed by atoms with van der Waals surface area (Å²) in [7, 11) is 0. The summed E-state index contributed by atoms with van der Waals surface area (Å²) in [4.78, 5) is 17.5. The van der Waals surface area contributed by atoms with Crippen LogP contribution in [0.25, 0.3) is 10.9 Å². The fourth-order valence-corrected chi connectivity index (χ4v) is 2.99. The number of carbonyl (C=O) groups is 1. The van der Waals surface area contributed by atoms with Gasteiger partial charge in [-0.15, -0.1) is 0 Å². The van der Waals surface area contributed by atoms with Crippen molar-refractivity contribution < 1.29 is 14.3 Å². The fourth-order valence-electron chi connectivity index (χ4n) is 2.99. The molecule has 0 unspecified atom stereocenters. The van der Waals surface area contributed by atoms with Gasteiger partial charge in [0.1, 0.15) is 5.82 Å². The normalized spacial score (nSPS) is 19.8. The Balaban J connectivity index is 1.86. The Labute approximate surface area is 122 Å². The van der Waals surface area contributed by atoms with E-state index in [0.29, 0.717) is 19.5 Å². The molecular weight excluding hydrogens is 271 g/mol. The second-order valence-electron chi connectivity index (χ2n) is 5.55. The number of hydrogen-bond acceptors (Lipinski definition) is 3. The first-order valence-electron chi connectivity index (χ1n) is 7.12. The van der Waals surface area contributed by atoms with E-state index in [2.05, 4.69) is 9.88 Å². The highest BCUT2D eigenvalue weighted by Gasteiger charge is 2.25. The van der Waals surface area contributed by atoms with Gasteiger partial charge in [0.2, 0.25) is 0 Å². The van der Waals surface area contributed by atoms with Crippen molar-refractivity contribution in [1.29, 1.82) is 0 Å². The molecule has 0 bridgehead atoms. The largest absolute Gasteiger partial charge is 0.481 e. The number of piperidine rings is 1. The Morgan fingerprint density at radius 2 is 2.33 bits per heavy atom. The van der Waals surface area contributed by atoms with Gasteiger partial charge < -0.3 is 5.11 Å². The van der Waals surface area contributed by atoms with E-state index in [1.165, 1.54) is 12.1 Å². The van der Waals surface area contributed by atoms with Gasteiger partial charge in [0, 0.05) is 24.7 Å². The van der Waals surface area contributed by atoms with Gasteiger partial charge in [-0.2, -0.15) is 0 Å². The molecule has 3 rings (SSSR count).